The van der Waals surface area contributed by atoms with Crippen LogP contribution in [0.5, 0.6) is 0 Å². The molecule has 0 aliphatic rings. The number of aromatic nitrogens is 4. The summed E-state index contributed by atoms with van der Waals surface area (Å²) in [5, 5.41) is 14.5. The van der Waals surface area contributed by atoms with Gasteiger partial charge in [-0.1, -0.05) is 12.1 Å². The first-order valence-corrected chi connectivity index (χ1v) is 8.43. The van der Waals surface area contributed by atoms with Crippen LogP contribution in [0.1, 0.15) is 15.4 Å². The van der Waals surface area contributed by atoms with Crippen molar-refractivity contribution in [2.75, 3.05) is 0 Å². The Kier molecular flexibility index (Phi) is 5.13. The minimum absolute atomic E-state index is 0.0304. The number of Topliss-reactive ketones (excluding diaryl/α,β-unsaturated/α-hetero) is 1. The number of hydrogen-bond acceptors (Lipinski definition) is 7. The maximum atomic E-state index is 12.6. The lowest BCUT2D eigenvalue weighted by Crippen LogP contribution is -2.47. The first-order valence-electron chi connectivity index (χ1n) is 7.55. The van der Waals surface area contributed by atoms with Crippen LogP contribution in [-0.2, 0) is 16.0 Å². The van der Waals surface area contributed by atoms with Gasteiger partial charge in [0, 0.05) is 17.5 Å². The quantitative estimate of drug-likeness (QED) is 0.511. The van der Waals surface area contributed by atoms with E-state index in [1.54, 1.807) is 30.5 Å². The molecule has 0 spiro atoms. The molecule has 3 aromatic heterocycles. The molecule has 3 aromatic rings. The van der Waals surface area contributed by atoms with Crippen molar-refractivity contribution < 1.29 is 14.4 Å². The van der Waals surface area contributed by atoms with Crippen LogP contribution in [0.2, 0.25) is 0 Å². The van der Waals surface area contributed by atoms with Gasteiger partial charge in [0.05, 0.1) is 5.69 Å². The van der Waals surface area contributed by atoms with E-state index in [0.29, 0.717) is 5.69 Å². The molecule has 10 heteroatoms. The van der Waals surface area contributed by atoms with Gasteiger partial charge in [0.2, 0.25) is 5.78 Å². The summed E-state index contributed by atoms with van der Waals surface area (Å²) in [7, 11) is 0. The number of rotatable bonds is 7. The maximum Gasteiger partial charge on any atom is 0.287 e. The Balaban J connectivity index is 1.83. The minimum Gasteiger partial charge on any atom is -0.363 e. The number of nitrogens with two attached hydrogens (primary N) is 1. The highest BCUT2D eigenvalue weighted by Crippen LogP contribution is 2.17. The third-order valence-corrected chi connectivity index (χ3v) is 4.42. The summed E-state index contributed by atoms with van der Waals surface area (Å²) >= 11 is 1.41. The number of hydrogen-bond donors (Lipinski definition) is 3. The molecular weight excluding hydrogens is 356 g/mol. The normalized spacial score (nSPS) is 11.7. The van der Waals surface area contributed by atoms with E-state index >= 15 is 0 Å². The van der Waals surface area contributed by atoms with Crippen LogP contribution >= 0.6 is 11.3 Å². The van der Waals surface area contributed by atoms with Crippen molar-refractivity contribution in [2.45, 2.75) is 12.5 Å². The highest BCUT2D eigenvalue weighted by Gasteiger charge is 2.28. The Morgan fingerprint density at radius 1 is 1.19 bits per heavy atom. The Labute approximate surface area is 151 Å². The van der Waals surface area contributed by atoms with Gasteiger partial charge in [-0.05, 0) is 23.6 Å². The Hall–Kier alpha value is -3.40. The van der Waals surface area contributed by atoms with Gasteiger partial charge in [-0.15, -0.1) is 11.3 Å². The van der Waals surface area contributed by atoms with Gasteiger partial charge < -0.3 is 11.1 Å². The fourth-order valence-corrected chi connectivity index (χ4v) is 3.06. The second-order valence-electron chi connectivity index (χ2n) is 5.27. The fraction of sp³-hybridized carbons (Fsp3) is 0.125. The van der Waals surface area contributed by atoms with E-state index in [2.05, 4.69) is 25.7 Å². The zero-order valence-electron chi connectivity index (χ0n) is 13.4. The molecule has 0 radical (unpaired) electrons. The van der Waals surface area contributed by atoms with Gasteiger partial charge >= 0.3 is 0 Å². The summed E-state index contributed by atoms with van der Waals surface area (Å²) in [5.41, 5.74) is 5.76. The van der Waals surface area contributed by atoms with Crippen molar-refractivity contribution in [1.29, 1.82) is 0 Å². The predicted octanol–water partition coefficient (Wildman–Crippen LogP) is 0.324. The van der Waals surface area contributed by atoms with Crippen LogP contribution in [-0.4, -0.2) is 44.0 Å². The Bertz CT molecular complexity index is 923. The molecule has 0 aliphatic heterocycles. The molecule has 132 valence electrons. The number of thiophene rings is 1. The number of aromatic amines is 1. The van der Waals surface area contributed by atoms with E-state index in [9.17, 15) is 14.4 Å². The smallest absolute Gasteiger partial charge is 0.287 e. The SMILES string of the molecule is NC(=O)C(=O)C(Cc1cccs1)NC(=O)c1n[nH]nc1-c1ccccn1. The molecule has 4 N–H and O–H groups in total. The van der Waals surface area contributed by atoms with Crippen molar-refractivity contribution >= 4 is 28.9 Å². The first-order chi connectivity index (χ1) is 12.6. The lowest BCUT2D eigenvalue weighted by atomic mass is 10.1. The topological polar surface area (TPSA) is 144 Å². The zero-order valence-corrected chi connectivity index (χ0v) is 14.2. The fourth-order valence-electron chi connectivity index (χ4n) is 2.31. The second kappa shape index (κ2) is 7.66. The van der Waals surface area contributed by atoms with Gasteiger partial charge in [0.15, 0.2) is 5.69 Å². The molecular formula is C16H14N6O3S. The van der Waals surface area contributed by atoms with Gasteiger partial charge in [-0.3, -0.25) is 19.4 Å². The van der Waals surface area contributed by atoms with Crippen molar-refractivity contribution in [2.24, 2.45) is 5.73 Å². The lowest BCUT2D eigenvalue weighted by molar-refractivity contribution is -0.137. The summed E-state index contributed by atoms with van der Waals surface area (Å²) in [6.45, 7) is 0. The van der Waals surface area contributed by atoms with E-state index in [-0.39, 0.29) is 17.8 Å². The van der Waals surface area contributed by atoms with Crippen molar-refractivity contribution in [1.82, 2.24) is 25.7 Å². The molecule has 0 saturated carbocycles. The monoisotopic (exact) mass is 370 g/mol. The van der Waals surface area contributed by atoms with Crippen LogP contribution in [0.15, 0.2) is 41.9 Å². The van der Waals surface area contributed by atoms with Crippen molar-refractivity contribution in [3.05, 3.63) is 52.5 Å². The number of nitrogens with one attached hydrogen (secondary N) is 2. The summed E-state index contributed by atoms with van der Waals surface area (Å²) in [5.74, 6) is -2.65. The van der Waals surface area contributed by atoms with E-state index < -0.39 is 23.6 Å². The third kappa shape index (κ3) is 3.81. The number of primary amides is 1. The molecule has 2 amide bonds. The number of H-pyrrole nitrogens is 1. The highest BCUT2D eigenvalue weighted by molar-refractivity contribution is 7.09. The largest absolute Gasteiger partial charge is 0.363 e. The number of ketones is 1. The van der Waals surface area contributed by atoms with E-state index in [1.165, 1.54) is 11.3 Å². The van der Waals surface area contributed by atoms with Crippen LogP contribution in [0.25, 0.3) is 11.4 Å². The van der Waals surface area contributed by atoms with E-state index in [1.807, 2.05) is 11.4 Å². The first kappa shape index (κ1) is 17.4. The van der Waals surface area contributed by atoms with Gasteiger partial charge in [-0.2, -0.15) is 15.4 Å². The minimum atomic E-state index is -1.11. The standard InChI is InChI=1S/C16H14N6O3S/c17-15(24)14(23)11(8-9-4-3-7-26-9)19-16(25)13-12(20-22-21-13)10-5-1-2-6-18-10/h1-7,11H,8H2,(H2,17,24)(H,19,25)(H,20,21,22). The lowest BCUT2D eigenvalue weighted by Gasteiger charge is -2.14. The third-order valence-electron chi connectivity index (χ3n) is 3.52. The summed E-state index contributed by atoms with van der Waals surface area (Å²) in [6.07, 6.45) is 1.71. The average molecular weight is 370 g/mol. The Morgan fingerprint density at radius 3 is 2.69 bits per heavy atom. The average Bonchev–Trinajstić information content (AvgIpc) is 3.32. The molecule has 1 atom stereocenters. The maximum absolute atomic E-state index is 12.6. The molecule has 3 rings (SSSR count). The van der Waals surface area contributed by atoms with Gasteiger partial charge in [0.25, 0.3) is 11.8 Å². The summed E-state index contributed by atoms with van der Waals surface area (Å²) in [4.78, 5) is 41.0. The van der Waals surface area contributed by atoms with E-state index in [4.69, 9.17) is 5.73 Å². The van der Waals surface area contributed by atoms with Crippen LogP contribution in [0.4, 0.5) is 0 Å². The van der Waals surface area contributed by atoms with Crippen molar-refractivity contribution in [3.8, 4) is 11.4 Å². The molecule has 1 unspecified atom stereocenters. The van der Waals surface area contributed by atoms with Crippen LogP contribution in [0.3, 0.4) is 0 Å². The van der Waals surface area contributed by atoms with Crippen molar-refractivity contribution in [3.63, 3.8) is 0 Å². The predicted molar refractivity (Wildman–Crippen MR) is 93.1 cm³/mol. The van der Waals surface area contributed by atoms with Crippen LogP contribution in [0, 0.1) is 0 Å². The molecule has 9 nitrogen and oxygen atoms in total. The molecule has 26 heavy (non-hydrogen) atoms. The number of carbonyl (C=O) groups is 3. The second-order valence-corrected chi connectivity index (χ2v) is 6.31. The molecule has 0 fully saturated rings. The Morgan fingerprint density at radius 2 is 2.04 bits per heavy atom. The molecule has 3 heterocycles. The molecule has 0 bridgehead atoms. The number of amides is 2. The van der Waals surface area contributed by atoms with E-state index in [0.717, 1.165) is 4.88 Å². The van der Waals surface area contributed by atoms with Gasteiger partial charge in [-0.25, -0.2) is 0 Å². The summed E-state index contributed by atoms with van der Waals surface area (Å²) in [6, 6.07) is 7.66. The molecule has 0 aromatic carbocycles. The van der Waals surface area contributed by atoms with Gasteiger partial charge in [0.1, 0.15) is 11.7 Å². The summed E-state index contributed by atoms with van der Waals surface area (Å²) < 4.78 is 0. The molecule has 0 aliphatic carbocycles. The van der Waals surface area contributed by atoms with Crippen LogP contribution < -0.4 is 11.1 Å². The number of carbonyl (C=O) groups excluding carboxylic acids is 3. The number of pyridine rings is 1. The molecule has 0 saturated heterocycles. The number of nitrogens with zero attached hydrogens (tertiary/aromatic N) is 3. The highest BCUT2D eigenvalue weighted by atomic mass is 32.1. The zero-order chi connectivity index (χ0) is 18.5.